The van der Waals surface area contributed by atoms with E-state index in [0.717, 1.165) is 11.0 Å². The summed E-state index contributed by atoms with van der Waals surface area (Å²) in [6.07, 6.45) is 0. The van der Waals surface area contributed by atoms with E-state index in [1.54, 1.807) is 0 Å². The summed E-state index contributed by atoms with van der Waals surface area (Å²) in [6.45, 7) is 2.72. The molecule has 1 aromatic carbocycles. The fourth-order valence-electron chi connectivity index (χ4n) is 0.950. The largest absolute Gasteiger partial charge is 0.363 e. The van der Waals surface area contributed by atoms with Crippen molar-refractivity contribution in [2.75, 3.05) is 11.9 Å². The summed E-state index contributed by atoms with van der Waals surface area (Å²) >= 11 is 20.3. The van der Waals surface area contributed by atoms with Crippen LogP contribution in [0.3, 0.4) is 0 Å². The monoisotopic (exact) mass is 326 g/mol. The SMILES string of the molecule is CCNC(=S)Nc1ccc(Br)c(Cl)c1Cl. The van der Waals surface area contributed by atoms with Gasteiger partial charge in [0.25, 0.3) is 0 Å². The molecule has 0 radical (unpaired) electrons. The molecule has 15 heavy (non-hydrogen) atoms. The van der Waals surface area contributed by atoms with Gasteiger partial charge in [-0.3, -0.25) is 0 Å². The Morgan fingerprint density at radius 2 is 2.07 bits per heavy atom. The number of rotatable bonds is 2. The van der Waals surface area contributed by atoms with Crippen LogP contribution in [0.1, 0.15) is 6.92 Å². The standard InChI is InChI=1S/C9H9BrCl2N2S/c1-2-13-9(15)14-6-4-3-5(10)7(11)8(6)12/h3-4H,2H2,1H3,(H2,13,14,15). The highest BCUT2D eigenvalue weighted by molar-refractivity contribution is 9.10. The first-order chi connectivity index (χ1) is 7.06. The second-order valence-corrected chi connectivity index (χ2v) is 4.73. The molecule has 0 aliphatic carbocycles. The van der Waals surface area contributed by atoms with E-state index >= 15 is 0 Å². The zero-order valence-corrected chi connectivity index (χ0v) is 11.8. The lowest BCUT2D eigenvalue weighted by molar-refractivity contribution is 0.979. The van der Waals surface area contributed by atoms with E-state index in [-0.39, 0.29) is 0 Å². The van der Waals surface area contributed by atoms with E-state index in [1.165, 1.54) is 0 Å². The van der Waals surface area contributed by atoms with Crippen LogP contribution in [-0.4, -0.2) is 11.7 Å². The molecule has 2 N–H and O–H groups in total. The molecule has 82 valence electrons. The number of benzene rings is 1. The lowest BCUT2D eigenvalue weighted by Crippen LogP contribution is -2.28. The molecular formula is C9H9BrCl2N2S. The maximum atomic E-state index is 6.03. The molecule has 6 heteroatoms. The minimum absolute atomic E-state index is 0.450. The zero-order valence-electron chi connectivity index (χ0n) is 7.90. The molecule has 1 rings (SSSR count). The van der Waals surface area contributed by atoms with E-state index in [4.69, 9.17) is 35.4 Å². The Hall–Kier alpha value is -0.0300. The third-order valence-corrected chi connectivity index (χ3v) is 3.64. The maximum Gasteiger partial charge on any atom is 0.170 e. The zero-order chi connectivity index (χ0) is 11.4. The predicted octanol–water partition coefficient (Wildman–Crippen LogP) is 4.06. The van der Waals surface area contributed by atoms with Gasteiger partial charge < -0.3 is 10.6 Å². The molecule has 0 fully saturated rings. The average molecular weight is 328 g/mol. The van der Waals surface area contributed by atoms with E-state index < -0.39 is 0 Å². The number of halogens is 3. The van der Waals surface area contributed by atoms with Gasteiger partial charge in [-0.15, -0.1) is 0 Å². The van der Waals surface area contributed by atoms with E-state index in [9.17, 15) is 0 Å². The molecule has 1 aromatic rings. The number of hydrogen-bond acceptors (Lipinski definition) is 1. The van der Waals surface area contributed by atoms with Gasteiger partial charge >= 0.3 is 0 Å². The molecule has 0 saturated carbocycles. The van der Waals surface area contributed by atoms with Crippen LogP contribution in [0.2, 0.25) is 10.0 Å². The minimum Gasteiger partial charge on any atom is -0.363 e. The van der Waals surface area contributed by atoms with Crippen LogP contribution in [0.4, 0.5) is 5.69 Å². The average Bonchev–Trinajstić information content (AvgIpc) is 2.20. The first-order valence-electron chi connectivity index (χ1n) is 4.24. The molecular weight excluding hydrogens is 319 g/mol. The van der Waals surface area contributed by atoms with Crippen LogP contribution >= 0.6 is 51.3 Å². The minimum atomic E-state index is 0.450. The Balaban J connectivity index is 2.87. The van der Waals surface area contributed by atoms with Gasteiger partial charge in [0.1, 0.15) is 0 Å². The summed E-state index contributed by atoms with van der Waals surface area (Å²) in [6, 6.07) is 3.62. The molecule has 0 unspecified atom stereocenters. The van der Waals surface area contributed by atoms with Crippen molar-refractivity contribution in [1.82, 2.24) is 5.32 Å². The van der Waals surface area contributed by atoms with Crippen LogP contribution in [0, 0.1) is 0 Å². The molecule has 0 aromatic heterocycles. The number of nitrogens with one attached hydrogen (secondary N) is 2. The van der Waals surface area contributed by atoms with Gasteiger partial charge in [0.2, 0.25) is 0 Å². The molecule has 0 amide bonds. The lowest BCUT2D eigenvalue weighted by Gasteiger charge is -2.11. The van der Waals surface area contributed by atoms with Crippen molar-refractivity contribution in [1.29, 1.82) is 0 Å². The van der Waals surface area contributed by atoms with Crippen LogP contribution in [0.15, 0.2) is 16.6 Å². The highest BCUT2D eigenvalue weighted by Gasteiger charge is 2.08. The Labute approximate surface area is 112 Å². The third kappa shape index (κ3) is 3.48. The van der Waals surface area contributed by atoms with Crippen molar-refractivity contribution in [2.45, 2.75) is 6.92 Å². The Morgan fingerprint density at radius 1 is 1.40 bits per heavy atom. The van der Waals surface area contributed by atoms with Gasteiger partial charge in [-0.25, -0.2) is 0 Å². The second-order valence-electron chi connectivity index (χ2n) is 2.71. The Morgan fingerprint density at radius 3 is 2.67 bits per heavy atom. The van der Waals surface area contributed by atoms with E-state index in [2.05, 4.69) is 26.6 Å². The van der Waals surface area contributed by atoms with Gasteiger partial charge in [0, 0.05) is 11.0 Å². The Kier molecular flexibility index (Phi) is 5.12. The number of thiocarbonyl (C=S) groups is 1. The molecule has 0 bridgehead atoms. The smallest absolute Gasteiger partial charge is 0.170 e. The van der Waals surface area contributed by atoms with Crippen LogP contribution in [-0.2, 0) is 0 Å². The molecule has 0 saturated heterocycles. The number of anilines is 1. The van der Waals surface area contributed by atoms with Crippen molar-refractivity contribution in [3.05, 3.63) is 26.7 Å². The molecule has 0 atom stereocenters. The van der Waals surface area contributed by atoms with Crippen molar-refractivity contribution < 1.29 is 0 Å². The first-order valence-corrected chi connectivity index (χ1v) is 6.20. The van der Waals surface area contributed by atoms with E-state index in [1.807, 2.05) is 19.1 Å². The number of hydrogen-bond donors (Lipinski definition) is 2. The van der Waals surface area contributed by atoms with Crippen LogP contribution in [0.5, 0.6) is 0 Å². The topological polar surface area (TPSA) is 24.1 Å². The van der Waals surface area contributed by atoms with Crippen molar-refractivity contribution in [2.24, 2.45) is 0 Å². The summed E-state index contributed by atoms with van der Waals surface area (Å²) in [5.74, 6) is 0. The summed E-state index contributed by atoms with van der Waals surface area (Å²) in [5, 5.41) is 7.37. The van der Waals surface area contributed by atoms with Crippen molar-refractivity contribution in [3.63, 3.8) is 0 Å². The van der Waals surface area contributed by atoms with Crippen LogP contribution in [0.25, 0.3) is 0 Å². The van der Waals surface area contributed by atoms with Gasteiger partial charge in [-0.1, -0.05) is 23.2 Å². The summed E-state index contributed by atoms with van der Waals surface area (Å²) in [7, 11) is 0. The Bertz CT molecular complexity index is 385. The van der Waals surface area contributed by atoms with Crippen LogP contribution < -0.4 is 10.6 Å². The fraction of sp³-hybridized carbons (Fsp3) is 0.222. The molecule has 0 aliphatic heterocycles. The predicted molar refractivity (Wildman–Crippen MR) is 74.1 cm³/mol. The summed E-state index contributed by atoms with van der Waals surface area (Å²) in [4.78, 5) is 0. The molecule has 0 spiro atoms. The highest BCUT2D eigenvalue weighted by Crippen LogP contribution is 2.35. The lowest BCUT2D eigenvalue weighted by atomic mass is 10.3. The first kappa shape index (κ1) is 13.0. The van der Waals surface area contributed by atoms with Gasteiger partial charge in [0.05, 0.1) is 15.7 Å². The maximum absolute atomic E-state index is 6.03. The van der Waals surface area contributed by atoms with Gasteiger partial charge in [-0.05, 0) is 47.2 Å². The van der Waals surface area contributed by atoms with Crippen molar-refractivity contribution >= 4 is 62.1 Å². The molecule has 0 heterocycles. The van der Waals surface area contributed by atoms with Crippen molar-refractivity contribution in [3.8, 4) is 0 Å². The second kappa shape index (κ2) is 5.89. The highest BCUT2D eigenvalue weighted by atomic mass is 79.9. The molecule has 0 aliphatic rings. The quantitative estimate of drug-likeness (QED) is 0.632. The van der Waals surface area contributed by atoms with Gasteiger partial charge in [-0.2, -0.15) is 0 Å². The summed E-state index contributed by atoms with van der Waals surface area (Å²) in [5.41, 5.74) is 0.691. The fourth-order valence-corrected chi connectivity index (χ4v) is 2.03. The third-order valence-electron chi connectivity index (χ3n) is 1.62. The van der Waals surface area contributed by atoms with E-state index in [0.29, 0.717) is 20.8 Å². The molecule has 2 nitrogen and oxygen atoms in total. The summed E-state index contributed by atoms with van der Waals surface area (Å²) < 4.78 is 0.758. The normalized spacial score (nSPS) is 9.87. The van der Waals surface area contributed by atoms with Gasteiger partial charge in [0.15, 0.2) is 5.11 Å².